The summed E-state index contributed by atoms with van der Waals surface area (Å²) in [6.07, 6.45) is 0. The highest BCUT2D eigenvalue weighted by molar-refractivity contribution is 6.31. The van der Waals surface area contributed by atoms with Crippen molar-refractivity contribution in [3.63, 3.8) is 0 Å². The largest absolute Gasteiger partial charge is 0.384 e. The molecule has 0 amide bonds. The topological polar surface area (TPSA) is 49.9 Å². The fourth-order valence-electron chi connectivity index (χ4n) is 0.752. The Hall–Kier alpha value is -1.16. The lowest BCUT2D eigenvalue weighted by atomic mass is 10.2. The maximum absolute atomic E-state index is 12.8. The molecule has 0 aliphatic rings. The zero-order chi connectivity index (χ0) is 9.30. The van der Waals surface area contributed by atoms with Crippen LogP contribution in [-0.4, -0.2) is 5.84 Å². The second-order valence-corrected chi connectivity index (χ2v) is 2.60. The number of amidine groups is 1. The third kappa shape index (κ3) is 1.53. The summed E-state index contributed by atoms with van der Waals surface area (Å²) >= 11 is 5.41. The van der Waals surface area contributed by atoms with E-state index in [9.17, 15) is 8.78 Å². The SMILES string of the molecule is N=C(N)c1cc(Cl)cc(F)c1F. The molecular weight excluding hydrogens is 186 g/mol. The van der Waals surface area contributed by atoms with E-state index in [2.05, 4.69) is 0 Å². The van der Waals surface area contributed by atoms with Crippen LogP contribution in [0.5, 0.6) is 0 Å². The third-order valence-electron chi connectivity index (χ3n) is 1.28. The van der Waals surface area contributed by atoms with Crippen LogP contribution in [0.25, 0.3) is 0 Å². The summed E-state index contributed by atoms with van der Waals surface area (Å²) in [7, 11) is 0. The first-order chi connectivity index (χ1) is 5.52. The van der Waals surface area contributed by atoms with Gasteiger partial charge in [-0.25, -0.2) is 8.78 Å². The van der Waals surface area contributed by atoms with E-state index in [1.165, 1.54) is 0 Å². The minimum absolute atomic E-state index is 0.0131. The van der Waals surface area contributed by atoms with Crippen LogP contribution >= 0.6 is 11.6 Å². The van der Waals surface area contributed by atoms with E-state index in [0.717, 1.165) is 12.1 Å². The van der Waals surface area contributed by atoms with Crippen molar-refractivity contribution < 1.29 is 8.78 Å². The summed E-state index contributed by atoms with van der Waals surface area (Å²) in [4.78, 5) is 0. The fourth-order valence-corrected chi connectivity index (χ4v) is 0.957. The standard InChI is InChI=1S/C7H5ClF2N2/c8-3-1-4(7(11)12)6(10)5(9)2-3/h1-2H,(H3,11,12). The molecule has 0 radical (unpaired) electrons. The molecule has 1 rings (SSSR count). The van der Waals surface area contributed by atoms with Gasteiger partial charge in [-0.1, -0.05) is 11.6 Å². The first kappa shape index (κ1) is 8.93. The van der Waals surface area contributed by atoms with E-state index >= 15 is 0 Å². The second-order valence-electron chi connectivity index (χ2n) is 2.16. The smallest absolute Gasteiger partial charge is 0.169 e. The lowest BCUT2D eigenvalue weighted by Gasteiger charge is -2.01. The van der Waals surface area contributed by atoms with Gasteiger partial charge in [-0.3, -0.25) is 5.41 Å². The monoisotopic (exact) mass is 190 g/mol. The van der Waals surface area contributed by atoms with Crippen molar-refractivity contribution in [3.05, 3.63) is 34.4 Å². The van der Waals surface area contributed by atoms with E-state index in [1.54, 1.807) is 0 Å². The van der Waals surface area contributed by atoms with Crippen molar-refractivity contribution in [2.75, 3.05) is 0 Å². The minimum Gasteiger partial charge on any atom is -0.384 e. The Morgan fingerprint density at radius 1 is 1.42 bits per heavy atom. The highest BCUT2D eigenvalue weighted by Crippen LogP contribution is 2.17. The number of nitrogens with two attached hydrogens (primary N) is 1. The Morgan fingerprint density at radius 2 is 2.00 bits per heavy atom. The molecule has 0 aliphatic carbocycles. The molecule has 3 N–H and O–H groups in total. The molecule has 12 heavy (non-hydrogen) atoms. The van der Waals surface area contributed by atoms with Crippen LogP contribution in [0.3, 0.4) is 0 Å². The van der Waals surface area contributed by atoms with E-state index in [4.69, 9.17) is 22.7 Å². The average Bonchev–Trinajstić information content (AvgIpc) is 1.96. The predicted molar refractivity (Wildman–Crippen MR) is 42.4 cm³/mol. The van der Waals surface area contributed by atoms with Gasteiger partial charge in [0, 0.05) is 5.02 Å². The van der Waals surface area contributed by atoms with Gasteiger partial charge in [-0.2, -0.15) is 0 Å². The van der Waals surface area contributed by atoms with Gasteiger partial charge < -0.3 is 5.73 Å². The molecule has 0 unspecified atom stereocenters. The summed E-state index contributed by atoms with van der Waals surface area (Å²) in [5.41, 5.74) is 4.65. The molecule has 0 aromatic heterocycles. The van der Waals surface area contributed by atoms with Crippen molar-refractivity contribution in [1.82, 2.24) is 0 Å². The first-order valence-corrected chi connectivity index (χ1v) is 3.39. The van der Waals surface area contributed by atoms with Gasteiger partial charge in [0.15, 0.2) is 11.6 Å². The van der Waals surface area contributed by atoms with Crippen molar-refractivity contribution >= 4 is 17.4 Å². The number of nitrogen functional groups attached to an aromatic ring is 1. The van der Waals surface area contributed by atoms with Crippen LogP contribution in [-0.2, 0) is 0 Å². The molecule has 0 fully saturated rings. The predicted octanol–water partition coefficient (Wildman–Crippen LogP) is 1.90. The zero-order valence-corrected chi connectivity index (χ0v) is 6.62. The van der Waals surface area contributed by atoms with Gasteiger partial charge in [0.1, 0.15) is 5.84 Å². The molecular formula is C7H5ClF2N2. The highest BCUT2D eigenvalue weighted by atomic mass is 35.5. The van der Waals surface area contributed by atoms with E-state index in [-0.39, 0.29) is 10.6 Å². The summed E-state index contributed by atoms with van der Waals surface area (Å²) in [6.45, 7) is 0. The van der Waals surface area contributed by atoms with Gasteiger partial charge in [0.05, 0.1) is 5.56 Å². The number of hydrogen-bond donors (Lipinski definition) is 2. The van der Waals surface area contributed by atoms with E-state index in [1.807, 2.05) is 0 Å². The Kier molecular flexibility index (Phi) is 2.28. The third-order valence-corrected chi connectivity index (χ3v) is 1.50. The number of benzene rings is 1. The molecule has 0 atom stereocenters. The lowest BCUT2D eigenvalue weighted by Crippen LogP contribution is -2.14. The van der Waals surface area contributed by atoms with Gasteiger partial charge in [0.25, 0.3) is 0 Å². The van der Waals surface area contributed by atoms with Gasteiger partial charge in [0.2, 0.25) is 0 Å². The quantitative estimate of drug-likeness (QED) is 0.397. The number of rotatable bonds is 1. The molecule has 0 saturated carbocycles. The maximum Gasteiger partial charge on any atom is 0.169 e. The number of hydrogen-bond acceptors (Lipinski definition) is 1. The van der Waals surface area contributed by atoms with Crippen molar-refractivity contribution in [2.24, 2.45) is 5.73 Å². The fraction of sp³-hybridized carbons (Fsp3) is 0. The van der Waals surface area contributed by atoms with Crippen LogP contribution < -0.4 is 5.73 Å². The molecule has 64 valence electrons. The molecule has 0 heterocycles. The molecule has 0 aliphatic heterocycles. The number of nitrogens with one attached hydrogen (secondary N) is 1. The Labute approximate surface area is 72.5 Å². The Balaban J connectivity index is 3.37. The van der Waals surface area contributed by atoms with Crippen molar-refractivity contribution in [3.8, 4) is 0 Å². The van der Waals surface area contributed by atoms with E-state index < -0.39 is 17.5 Å². The molecule has 1 aromatic carbocycles. The molecule has 1 aromatic rings. The Morgan fingerprint density at radius 3 is 2.50 bits per heavy atom. The van der Waals surface area contributed by atoms with Crippen LogP contribution in [0, 0.1) is 17.0 Å². The summed E-state index contributed by atoms with van der Waals surface area (Å²) in [5.74, 6) is -2.80. The van der Waals surface area contributed by atoms with Gasteiger partial charge >= 0.3 is 0 Å². The van der Waals surface area contributed by atoms with Crippen LogP contribution in [0.1, 0.15) is 5.56 Å². The van der Waals surface area contributed by atoms with Gasteiger partial charge in [-0.05, 0) is 12.1 Å². The van der Waals surface area contributed by atoms with Crippen molar-refractivity contribution in [2.45, 2.75) is 0 Å². The van der Waals surface area contributed by atoms with Crippen LogP contribution in [0.15, 0.2) is 12.1 Å². The molecule has 0 spiro atoms. The van der Waals surface area contributed by atoms with Crippen molar-refractivity contribution in [1.29, 1.82) is 5.41 Å². The lowest BCUT2D eigenvalue weighted by molar-refractivity contribution is 0.507. The summed E-state index contributed by atoms with van der Waals surface area (Å²) in [5, 5.41) is 6.90. The van der Waals surface area contributed by atoms with Gasteiger partial charge in [-0.15, -0.1) is 0 Å². The highest BCUT2D eigenvalue weighted by Gasteiger charge is 2.11. The zero-order valence-electron chi connectivity index (χ0n) is 5.87. The normalized spacial score (nSPS) is 9.92. The minimum atomic E-state index is -1.15. The Bertz CT molecular complexity index is 338. The van der Waals surface area contributed by atoms with E-state index in [0.29, 0.717) is 0 Å². The second kappa shape index (κ2) is 3.06. The summed E-state index contributed by atoms with van der Waals surface area (Å²) < 4.78 is 25.4. The molecule has 0 saturated heterocycles. The number of halogens is 3. The maximum atomic E-state index is 12.8. The van der Waals surface area contributed by atoms with Crippen LogP contribution in [0.2, 0.25) is 5.02 Å². The molecule has 2 nitrogen and oxygen atoms in total. The summed E-state index contributed by atoms with van der Waals surface area (Å²) in [6, 6.07) is 1.92. The first-order valence-electron chi connectivity index (χ1n) is 3.01. The van der Waals surface area contributed by atoms with Crippen LogP contribution in [0.4, 0.5) is 8.78 Å². The average molecular weight is 191 g/mol. The molecule has 0 bridgehead atoms. The molecule has 5 heteroatoms.